The Labute approximate surface area is 221 Å². The minimum atomic E-state index is -1.67. The van der Waals surface area contributed by atoms with Crippen molar-refractivity contribution in [2.45, 2.75) is 25.6 Å². The molecule has 0 spiro atoms. The molecule has 0 aliphatic rings. The van der Waals surface area contributed by atoms with Gasteiger partial charge in [0.25, 0.3) is 5.91 Å². The first-order valence-corrected chi connectivity index (χ1v) is 11.9. The Morgan fingerprint density at radius 3 is 2.69 bits per heavy atom. The van der Waals surface area contributed by atoms with Crippen LogP contribution in [0.3, 0.4) is 0 Å². The molecule has 5 aromatic rings. The van der Waals surface area contributed by atoms with Crippen molar-refractivity contribution < 1.29 is 18.7 Å². The number of alkyl halides is 1. The van der Waals surface area contributed by atoms with Gasteiger partial charge >= 0.3 is 0 Å². The number of benzene rings is 1. The van der Waals surface area contributed by atoms with Crippen LogP contribution in [-0.4, -0.2) is 54.1 Å². The molecule has 0 bridgehead atoms. The van der Waals surface area contributed by atoms with Gasteiger partial charge in [-0.1, -0.05) is 0 Å². The number of aliphatic hydroxyl groups is 1. The molecular formula is C27H23FN8O3. The van der Waals surface area contributed by atoms with E-state index in [0.29, 0.717) is 39.7 Å². The van der Waals surface area contributed by atoms with Gasteiger partial charge in [0.1, 0.15) is 12.2 Å². The van der Waals surface area contributed by atoms with Crippen LogP contribution in [-0.2, 0) is 0 Å². The number of fused-ring (bicyclic) bond motifs is 1. The molecule has 3 N–H and O–H groups in total. The minimum Gasteiger partial charge on any atom is -0.423 e. The molecule has 1 aromatic carbocycles. The molecule has 12 heteroatoms. The summed E-state index contributed by atoms with van der Waals surface area (Å²) in [5.41, 5.74) is 2.63. The maximum Gasteiger partial charge on any atom is 0.255 e. The quantitative estimate of drug-likeness (QED) is 0.273. The van der Waals surface area contributed by atoms with E-state index in [1.165, 1.54) is 32.6 Å². The summed E-state index contributed by atoms with van der Waals surface area (Å²) in [5.74, 6) is -0.199. The molecular weight excluding hydrogens is 503 g/mol. The summed E-state index contributed by atoms with van der Waals surface area (Å²) in [6, 6.07) is 16.2. The van der Waals surface area contributed by atoms with Crippen LogP contribution in [0.1, 0.15) is 29.8 Å². The van der Waals surface area contributed by atoms with Gasteiger partial charge in [0.2, 0.25) is 12.3 Å². The number of nitrogens with zero attached hydrogens (tertiary/aromatic N) is 6. The van der Waals surface area contributed by atoms with Crippen molar-refractivity contribution in [3.63, 3.8) is 0 Å². The van der Waals surface area contributed by atoms with Crippen molar-refractivity contribution in [3.05, 3.63) is 78.4 Å². The van der Waals surface area contributed by atoms with Crippen LogP contribution in [0.2, 0.25) is 0 Å². The molecule has 0 saturated carbocycles. The van der Waals surface area contributed by atoms with Crippen LogP contribution < -0.4 is 10.6 Å². The van der Waals surface area contributed by atoms with Crippen LogP contribution in [0.15, 0.2) is 71.7 Å². The molecule has 0 unspecified atom stereocenters. The molecule has 0 radical (unpaired) electrons. The van der Waals surface area contributed by atoms with Crippen LogP contribution in [0, 0.1) is 11.3 Å². The number of halogens is 1. The summed E-state index contributed by atoms with van der Waals surface area (Å²) in [5, 5.41) is 36.7. The molecule has 0 aliphatic heterocycles. The number of carbonyl (C=O) groups is 1. The van der Waals surface area contributed by atoms with E-state index in [4.69, 9.17) is 9.68 Å². The lowest BCUT2D eigenvalue weighted by Crippen LogP contribution is -2.42. The Kier molecular flexibility index (Phi) is 6.74. The summed E-state index contributed by atoms with van der Waals surface area (Å²) in [6.07, 6.45) is 2.42. The minimum absolute atomic E-state index is 0.170. The van der Waals surface area contributed by atoms with Gasteiger partial charge in [-0.05, 0) is 62.4 Å². The molecule has 0 fully saturated rings. The molecule has 196 valence electrons. The third-order valence-corrected chi connectivity index (χ3v) is 6.02. The van der Waals surface area contributed by atoms with Gasteiger partial charge < -0.3 is 20.2 Å². The van der Waals surface area contributed by atoms with Crippen molar-refractivity contribution in [1.29, 1.82) is 5.26 Å². The third-order valence-electron chi connectivity index (χ3n) is 6.02. The number of carbonyl (C=O) groups excluding carboxylic acids is 1. The molecule has 5 rings (SSSR count). The first-order valence-electron chi connectivity index (χ1n) is 11.9. The highest BCUT2D eigenvalue weighted by Crippen LogP contribution is 2.29. The van der Waals surface area contributed by atoms with Crippen molar-refractivity contribution in [1.82, 2.24) is 30.1 Å². The van der Waals surface area contributed by atoms with E-state index < -0.39 is 17.7 Å². The van der Waals surface area contributed by atoms with E-state index in [1.54, 1.807) is 40.9 Å². The van der Waals surface area contributed by atoms with Crippen molar-refractivity contribution in [2.75, 3.05) is 11.9 Å². The second-order valence-corrected chi connectivity index (χ2v) is 9.30. The Morgan fingerprint density at radius 2 is 2.00 bits per heavy atom. The molecule has 4 aromatic heterocycles. The van der Waals surface area contributed by atoms with Crippen molar-refractivity contribution in [3.8, 4) is 28.9 Å². The van der Waals surface area contributed by atoms with Gasteiger partial charge in [-0.3, -0.25) is 9.78 Å². The van der Waals surface area contributed by atoms with E-state index >= 15 is 0 Å². The molecule has 39 heavy (non-hydrogen) atoms. The van der Waals surface area contributed by atoms with E-state index in [9.17, 15) is 14.3 Å². The highest BCUT2D eigenvalue weighted by Gasteiger charge is 2.27. The highest BCUT2D eigenvalue weighted by molar-refractivity contribution is 6.00. The van der Waals surface area contributed by atoms with Gasteiger partial charge in [0.15, 0.2) is 0 Å². The monoisotopic (exact) mass is 526 g/mol. The van der Waals surface area contributed by atoms with Gasteiger partial charge in [-0.2, -0.15) is 10.4 Å². The van der Waals surface area contributed by atoms with E-state index in [-0.39, 0.29) is 12.1 Å². The lowest BCUT2D eigenvalue weighted by atomic mass is 10.0. The number of anilines is 2. The summed E-state index contributed by atoms with van der Waals surface area (Å²) in [7, 11) is 0. The van der Waals surface area contributed by atoms with Crippen molar-refractivity contribution in [2.24, 2.45) is 0 Å². The third kappa shape index (κ3) is 5.43. The largest absolute Gasteiger partial charge is 0.423 e. The lowest BCUT2D eigenvalue weighted by Gasteiger charge is -2.22. The van der Waals surface area contributed by atoms with Crippen LogP contribution in [0.4, 0.5) is 15.8 Å². The number of hydrogen-bond acceptors (Lipinski definition) is 9. The van der Waals surface area contributed by atoms with Gasteiger partial charge in [0, 0.05) is 17.4 Å². The van der Waals surface area contributed by atoms with Crippen LogP contribution in [0.25, 0.3) is 28.4 Å². The SMILES string of the molecule is CC(C)(O)[C@H](F)CNC(=O)c1cnc(-c2ccc3cc(C#N)cnn23)cc1Nc1ccc(-c2nnco2)cc1. The predicted octanol–water partition coefficient (Wildman–Crippen LogP) is 3.90. The van der Waals surface area contributed by atoms with Gasteiger partial charge in [-0.15, -0.1) is 10.2 Å². The van der Waals surface area contributed by atoms with Crippen molar-refractivity contribution >= 4 is 22.8 Å². The summed E-state index contributed by atoms with van der Waals surface area (Å²) < 4.78 is 21.2. The van der Waals surface area contributed by atoms with Gasteiger partial charge in [0.05, 0.1) is 52.1 Å². The maximum absolute atomic E-state index is 14.3. The number of rotatable bonds is 8. The second-order valence-electron chi connectivity index (χ2n) is 9.30. The number of nitriles is 1. The molecule has 0 saturated heterocycles. The summed E-state index contributed by atoms with van der Waals surface area (Å²) in [4.78, 5) is 17.5. The second kappa shape index (κ2) is 10.3. The zero-order valence-corrected chi connectivity index (χ0v) is 21.0. The topological polar surface area (TPSA) is 154 Å². The standard InChI is InChI=1S/C27H23FN8O3/c1-27(2,38)24(28)14-31-25(37)20-13-30-22(23-8-7-19-9-16(11-29)12-33-36(19)23)10-21(20)34-18-5-3-17(4-6-18)26-35-32-15-39-26/h3-10,12-13,15,24,38H,14H2,1-2H3,(H,30,34)(H,31,37)/t24-/m1/s1. The number of amides is 1. The zero-order chi connectivity index (χ0) is 27.6. The van der Waals surface area contributed by atoms with Gasteiger partial charge in [-0.25, -0.2) is 8.91 Å². The normalized spacial score (nSPS) is 12.2. The first kappa shape index (κ1) is 25.5. The Morgan fingerprint density at radius 1 is 1.21 bits per heavy atom. The first-order chi connectivity index (χ1) is 18.7. The molecule has 1 amide bonds. The molecule has 0 aliphatic carbocycles. The fourth-order valence-corrected chi connectivity index (χ4v) is 3.81. The number of pyridine rings is 1. The fourth-order valence-electron chi connectivity index (χ4n) is 3.81. The van der Waals surface area contributed by atoms with E-state index in [0.717, 1.165) is 5.56 Å². The predicted molar refractivity (Wildman–Crippen MR) is 140 cm³/mol. The number of hydrogen-bond donors (Lipinski definition) is 3. The Hall–Kier alpha value is -5.15. The fraction of sp³-hybridized carbons (Fsp3) is 0.185. The number of aromatic nitrogens is 5. The Bertz CT molecular complexity index is 1670. The average Bonchev–Trinajstić information content (AvgIpc) is 3.61. The van der Waals surface area contributed by atoms with E-state index in [1.807, 2.05) is 12.1 Å². The molecule has 4 heterocycles. The molecule has 1 atom stereocenters. The lowest BCUT2D eigenvalue weighted by molar-refractivity contribution is -0.00177. The molecule has 11 nitrogen and oxygen atoms in total. The highest BCUT2D eigenvalue weighted by atomic mass is 19.1. The zero-order valence-electron chi connectivity index (χ0n) is 21.0. The smallest absolute Gasteiger partial charge is 0.255 e. The summed E-state index contributed by atoms with van der Waals surface area (Å²) >= 11 is 0. The maximum atomic E-state index is 14.3. The summed E-state index contributed by atoms with van der Waals surface area (Å²) in [6.45, 7) is 2.29. The van der Waals surface area contributed by atoms with Crippen LogP contribution in [0.5, 0.6) is 0 Å². The van der Waals surface area contributed by atoms with Crippen LogP contribution >= 0.6 is 0 Å². The number of nitrogens with one attached hydrogen (secondary N) is 2. The Balaban J connectivity index is 1.49. The average molecular weight is 527 g/mol. The van der Waals surface area contributed by atoms with E-state index in [2.05, 4.69) is 37.0 Å².